The Balaban J connectivity index is 1.31. The molecule has 0 aliphatic rings. The number of rotatable bonds is 12. The van der Waals surface area contributed by atoms with E-state index in [0.29, 0.717) is 25.6 Å². The summed E-state index contributed by atoms with van der Waals surface area (Å²) >= 11 is 1.75. The fraction of sp³-hybridized carbons (Fsp3) is 0.231. The highest BCUT2D eigenvalue weighted by Crippen LogP contribution is 2.15. The molecule has 0 spiro atoms. The van der Waals surface area contributed by atoms with E-state index in [-0.39, 0.29) is 5.75 Å². The van der Waals surface area contributed by atoms with Crippen LogP contribution < -0.4 is 16.0 Å². The number of aromatic hydroxyl groups is 1. The third-order valence-electron chi connectivity index (χ3n) is 4.70. The van der Waals surface area contributed by atoms with Crippen molar-refractivity contribution in [2.24, 2.45) is 4.99 Å². The standard InChI is InChI=1S/C26H29N5O2S/c27-20-31-26(29-14-4-7-21-8-10-23(32)11-9-21)30-15-16-34-19-25-13-12-24(33-25)18-28-17-22-5-2-1-3-6-22/h1-13,28,32H,14-19H2,(H2,29,30,31)/b7-4+. The first-order valence-corrected chi connectivity index (χ1v) is 12.2. The largest absolute Gasteiger partial charge is 0.508 e. The van der Waals surface area contributed by atoms with E-state index in [1.54, 1.807) is 23.9 Å². The predicted octanol–water partition coefficient (Wildman–Crippen LogP) is 4.24. The normalized spacial score (nSPS) is 11.4. The van der Waals surface area contributed by atoms with Crippen LogP contribution in [0.1, 0.15) is 22.6 Å². The van der Waals surface area contributed by atoms with Crippen LogP contribution >= 0.6 is 11.8 Å². The summed E-state index contributed by atoms with van der Waals surface area (Å²) < 4.78 is 5.89. The summed E-state index contributed by atoms with van der Waals surface area (Å²) in [6, 6.07) is 21.2. The third kappa shape index (κ3) is 9.45. The van der Waals surface area contributed by atoms with Gasteiger partial charge in [0.25, 0.3) is 0 Å². The van der Waals surface area contributed by atoms with Gasteiger partial charge in [-0.1, -0.05) is 54.6 Å². The van der Waals surface area contributed by atoms with Crippen LogP contribution in [0.25, 0.3) is 6.08 Å². The number of nitriles is 1. The van der Waals surface area contributed by atoms with E-state index < -0.39 is 0 Å². The number of furan rings is 1. The topological polar surface area (TPSA) is 106 Å². The minimum Gasteiger partial charge on any atom is -0.508 e. The first kappa shape index (κ1) is 25.0. The molecule has 7 nitrogen and oxygen atoms in total. The fourth-order valence-electron chi connectivity index (χ4n) is 3.05. The molecule has 0 aliphatic heterocycles. The number of nitrogens with zero attached hydrogens (tertiary/aromatic N) is 2. The minimum absolute atomic E-state index is 0.237. The van der Waals surface area contributed by atoms with Crippen molar-refractivity contribution >= 4 is 23.8 Å². The van der Waals surface area contributed by atoms with E-state index in [4.69, 9.17) is 9.68 Å². The van der Waals surface area contributed by atoms with E-state index in [1.165, 1.54) is 5.56 Å². The van der Waals surface area contributed by atoms with Gasteiger partial charge >= 0.3 is 0 Å². The predicted molar refractivity (Wildman–Crippen MR) is 138 cm³/mol. The first-order chi connectivity index (χ1) is 16.7. The molecule has 0 bridgehead atoms. The Kier molecular flexibility index (Phi) is 10.6. The molecular weight excluding hydrogens is 446 g/mol. The van der Waals surface area contributed by atoms with Crippen molar-refractivity contribution in [3.63, 3.8) is 0 Å². The van der Waals surface area contributed by atoms with Crippen molar-refractivity contribution in [1.29, 1.82) is 5.26 Å². The van der Waals surface area contributed by atoms with Gasteiger partial charge in [0.15, 0.2) is 6.19 Å². The molecule has 1 aromatic heterocycles. The number of thioether (sulfide) groups is 1. The van der Waals surface area contributed by atoms with Gasteiger partial charge in [0, 0.05) is 18.8 Å². The van der Waals surface area contributed by atoms with Gasteiger partial charge in [-0.25, -0.2) is 4.99 Å². The van der Waals surface area contributed by atoms with Crippen molar-refractivity contribution in [3.05, 3.63) is 95.5 Å². The summed E-state index contributed by atoms with van der Waals surface area (Å²) in [5.41, 5.74) is 2.22. The average Bonchev–Trinajstić information content (AvgIpc) is 3.31. The lowest BCUT2D eigenvalue weighted by molar-refractivity contribution is 0.459. The summed E-state index contributed by atoms with van der Waals surface area (Å²) in [5.74, 6) is 4.19. The Labute approximate surface area is 204 Å². The van der Waals surface area contributed by atoms with Crippen LogP contribution in [0, 0.1) is 11.5 Å². The Morgan fingerprint density at radius 2 is 1.82 bits per heavy atom. The van der Waals surface area contributed by atoms with Crippen LogP contribution in [0.5, 0.6) is 5.75 Å². The summed E-state index contributed by atoms with van der Waals surface area (Å²) in [4.78, 5) is 4.36. The number of hydrogen-bond acceptors (Lipinski definition) is 6. The first-order valence-electron chi connectivity index (χ1n) is 11.0. The molecular formula is C26H29N5O2S. The smallest absolute Gasteiger partial charge is 0.205 e. The van der Waals surface area contributed by atoms with Crippen molar-refractivity contribution < 1.29 is 9.52 Å². The monoisotopic (exact) mass is 475 g/mol. The maximum Gasteiger partial charge on any atom is 0.205 e. The van der Waals surface area contributed by atoms with E-state index >= 15 is 0 Å². The fourth-order valence-corrected chi connectivity index (χ4v) is 3.79. The van der Waals surface area contributed by atoms with Crippen molar-refractivity contribution in [1.82, 2.24) is 16.0 Å². The summed E-state index contributed by atoms with van der Waals surface area (Å²) in [6.07, 6.45) is 5.71. The van der Waals surface area contributed by atoms with Crippen LogP contribution in [0.4, 0.5) is 0 Å². The lowest BCUT2D eigenvalue weighted by atomic mass is 10.2. The zero-order valence-corrected chi connectivity index (χ0v) is 19.7. The number of nitrogens with one attached hydrogen (secondary N) is 3. The van der Waals surface area contributed by atoms with Crippen molar-refractivity contribution in [2.45, 2.75) is 18.8 Å². The molecule has 2 aromatic carbocycles. The van der Waals surface area contributed by atoms with Crippen molar-refractivity contribution in [3.8, 4) is 11.9 Å². The van der Waals surface area contributed by atoms with Gasteiger partial charge in [0.2, 0.25) is 5.96 Å². The maximum absolute atomic E-state index is 9.31. The van der Waals surface area contributed by atoms with E-state index in [1.807, 2.05) is 60.8 Å². The molecule has 0 unspecified atom stereocenters. The molecule has 3 aromatic rings. The van der Waals surface area contributed by atoms with E-state index in [0.717, 1.165) is 35.1 Å². The molecule has 0 saturated carbocycles. The van der Waals surface area contributed by atoms with E-state index in [9.17, 15) is 5.11 Å². The Morgan fingerprint density at radius 3 is 2.62 bits per heavy atom. The molecule has 0 saturated heterocycles. The van der Waals surface area contributed by atoms with E-state index in [2.05, 4.69) is 33.1 Å². The summed E-state index contributed by atoms with van der Waals surface area (Å²) in [5, 5.41) is 27.4. The van der Waals surface area contributed by atoms with Crippen LogP contribution in [0.15, 0.2) is 82.2 Å². The molecule has 0 radical (unpaired) electrons. The Bertz CT molecular complexity index is 1090. The van der Waals surface area contributed by atoms with Gasteiger partial charge < -0.3 is 20.2 Å². The van der Waals surface area contributed by atoms with Gasteiger partial charge in [-0.05, 0) is 35.4 Å². The quantitative estimate of drug-likeness (QED) is 0.102. The number of phenols is 1. The zero-order valence-electron chi connectivity index (χ0n) is 18.9. The lowest BCUT2D eigenvalue weighted by Crippen LogP contribution is -2.36. The molecule has 0 fully saturated rings. The second-order valence-electron chi connectivity index (χ2n) is 7.36. The van der Waals surface area contributed by atoms with Crippen LogP contribution in [0.3, 0.4) is 0 Å². The maximum atomic E-state index is 9.31. The molecule has 0 amide bonds. The third-order valence-corrected chi connectivity index (χ3v) is 5.69. The van der Waals surface area contributed by atoms with Crippen LogP contribution in [0.2, 0.25) is 0 Å². The number of aliphatic imine (C=N–C) groups is 1. The molecule has 176 valence electrons. The van der Waals surface area contributed by atoms with Gasteiger partial charge in [-0.2, -0.15) is 17.0 Å². The molecule has 8 heteroatoms. The van der Waals surface area contributed by atoms with Crippen LogP contribution in [-0.4, -0.2) is 29.9 Å². The molecule has 34 heavy (non-hydrogen) atoms. The zero-order chi connectivity index (χ0) is 23.8. The highest BCUT2D eigenvalue weighted by atomic mass is 32.2. The molecule has 4 N–H and O–H groups in total. The highest BCUT2D eigenvalue weighted by molar-refractivity contribution is 7.98. The second-order valence-corrected chi connectivity index (χ2v) is 8.46. The Hall–Kier alpha value is -3.67. The van der Waals surface area contributed by atoms with Gasteiger partial charge in [-0.15, -0.1) is 0 Å². The van der Waals surface area contributed by atoms with Gasteiger partial charge in [0.1, 0.15) is 17.3 Å². The molecule has 0 atom stereocenters. The number of guanidine groups is 1. The molecule has 1 heterocycles. The average molecular weight is 476 g/mol. The minimum atomic E-state index is 0.237. The Morgan fingerprint density at radius 1 is 1.03 bits per heavy atom. The SMILES string of the molecule is N#CNC(=NC/C=C/c1ccc(O)cc1)NCCSCc1ccc(CNCc2ccccc2)o1. The summed E-state index contributed by atoms with van der Waals surface area (Å²) in [6.45, 7) is 2.61. The van der Waals surface area contributed by atoms with Crippen LogP contribution in [-0.2, 0) is 18.8 Å². The van der Waals surface area contributed by atoms with Gasteiger partial charge in [0.05, 0.1) is 18.8 Å². The lowest BCUT2D eigenvalue weighted by Gasteiger charge is -2.07. The second kappa shape index (κ2) is 14.5. The highest BCUT2D eigenvalue weighted by Gasteiger charge is 2.03. The molecule has 0 aliphatic carbocycles. The number of phenolic OH excluding ortho intramolecular Hbond substituents is 1. The van der Waals surface area contributed by atoms with Crippen molar-refractivity contribution in [2.75, 3.05) is 18.8 Å². The number of hydrogen-bond donors (Lipinski definition) is 4. The summed E-state index contributed by atoms with van der Waals surface area (Å²) in [7, 11) is 0. The molecule has 3 rings (SSSR count). The van der Waals surface area contributed by atoms with Gasteiger partial charge in [-0.3, -0.25) is 5.32 Å². The number of benzene rings is 2.